The average molecular weight is 271 g/mol. The first-order valence-corrected chi connectivity index (χ1v) is 6.39. The molecule has 0 aliphatic rings. The highest BCUT2D eigenvalue weighted by Gasteiger charge is 2.31. The van der Waals surface area contributed by atoms with Gasteiger partial charge in [0, 0.05) is 5.54 Å². The Morgan fingerprint density at radius 1 is 1.39 bits per heavy atom. The van der Waals surface area contributed by atoms with Crippen LogP contribution in [-0.2, 0) is 11.2 Å². The maximum atomic E-state index is 12.4. The highest BCUT2D eigenvalue weighted by molar-refractivity contribution is 7.08. The van der Waals surface area contributed by atoms with Crippen LogP contribution in [0, 0.1) is 0 Å². The number of hydrogen-bond donors (Lipinski definition) is 1. The Morgan fingerprint density at radius 3 is 2.44 bits per heavy atom. The summed E-state index contributed by atoms with van der Waals surface area (Å²) in [5.41, 5.74) is 0.0504. The number of nitrogens with zero attached hydrogens (tertiary/aromatic N) is 3. The van der Waals surface area contributed by atoms with Crippen LogP contribution in [0.15, 0.2) is 0 Å². The predicted molar refractivity (Wildman–Crippen MR) is 67.7 cm³/mol. The minimum absolute atomic E-state index is 0.322. The Balaban J connectivity index is 3.07. The number of amides is 1. The van der Waals surface area contributed by atoms with Crippen molar-refractivity contribution in [2.75, 3.05) is 6.54 Å². The van der Waals surface area contributed by atoms with Gasteiger partial charge in [0.1, 0.15) is 11.4 Å². The summed E-state index contributed by atoms with van der Waals surface area (Å²) in [6.45, 7) is 6.95. The van der Waals surface area contributed by atoms with Gasteiger partial charge in [-0.3, -0.25) is 9.59 Å². The van der Waals surface area contributed by atoms with E-state index >= 15 is 0 Å². The summed E-state index contributed by atoms with van der Waals surface area (Å²) in [7, 11) is 0. The van der Waals surface area contributed by atoms with E-state index < -0.39 is 11.5 Å². The van der Waals surface area contributed by atoms with Crippen LogP contribution in [0.3, 0.4) is 0 Å². The van der Waals surface area contributed by atoms with Crippen LogP contribution in [0.5, 0.6) is 0 Å². The van der Waals surface area contributed by atoms with Crippen molar-refractivity contribution in [2.45, 2.75) is 39.7 Å². The van der Waals surface area contributed by atoms with E-state index in [2.05, 4.69) is 9.59 Å². The number of carbonyl (C=O) groups is 2. The fraction of sp³-hybridized carbons (Fsp3) is 0.636. The summed E-state index contributed by atoms with van der Waals surface area (Å²) < 4.78 is 3.75. The van der Waals surface area contributed by atoms with Crippen LogP contribution in [0.1, 0.15) is 43.1 Å². The third-order valence-corrected chi connectivity index (χ3v) is 3.19. The summed E-state index contributed by atoms with van der Waals surface area (Å²) in [6, 6.07) is 0. The standard InChI is InChI=1S/C11H17N3O3S/c1-5-7-9(18-13-12-7)10(17)14(6-8(15)16)11(2,3)4/h5-6H2,1-4H3,(H,15,16). The Bertz CT molecular complexity index is 451. The number of carbonyl (C=O) groups excluding carboxylic acids is 1. The van der Waals surface area contributed by atoms with E-state index in [0.29, 0.717) is 17.0 Å². The minimum atomic E-state index is -1.03. The molecule has 100 valence electrons. The topological polar surface area (TPSA) is 83.4 Å². The van der Waals surface area contributed by atoms with E-state index in [1.165, 1.54) is 4.90 Å². The van der Waals surface area contributed by atoms with Crippen LogP contribution in [0.2, 0.25) is 0 Å². The second kappa shape index (κ2) is 5.43. The zero-order valence-electron chi connectivity index (χ0n) is 10.9. The molecule has 0 aliphatic heterocycles. The molecule has 18 heavy (non-hydrogen) atoms. The molecule has 1 aromatic rings. The average Bonchev–Trinajstić information content (AvgIpc) is 2.71. The van der Waals surface area contributed by atoms with Gasteiger partial charge in [0.05, 0.1) is 5.69 Å². The monoisotopic (exact) mass is 271 g/mol. The van der Waals surface area contributed by atoms with Crippen LogP contribution < -0.4 is 0 Å². The summed E-state index contributed by atoms with van der Waals surface area (Å²) in [5.74, 6) is -1.36. The highest BCUT2D eigenvalue weighted by atomic mass is 32.1. The molecular weight excluding hydrogens is 254 g/mol. The molecule has 0 saturated carbocycles. The second-order valence-electron chi connectivity index (χ2n) is 4.86. The van der Waals surface area contributed by atoms with Gasteiger partial charge < -0.3 is 10.0 Å². The predicted octanol–water partition coefficient (Wildman–Crippen LogP) is 1.43. The van der Waals surface area contributed by atoms with Crippen molar-refractivity contribution in [3.8, 4) is 0 Å². The molecule has 0 aliphatic carbocycles. The Kier molecular flexibility index (Phi) is 4.39. The Labute approximate surface area is 110 Å². The largest absolute Gasteiger partial charge is 0.480 e. The summed E-state index contributed by atoms with van der Waals surface area (Å²) in [4.78, 5) is 25.0. The molecule has 0 saturated heterocycles. The van der Waals surface area contributed by atoms with Crippen molar-refractivity contribution in [3.63, 3.8) is 0 Å². The van der Waals surface area contributed by atoms with Crippen LogP contribution in [-0.4, -0.2) is 43.6 Å². The van der Waals surface area contributed by atoms with Gasteiger partial charge in [-0.15, -0.1) is 5.10 Å². The van der Waals surface area contributed by atoms with Gasteiger partial charge in [0.15, 0.2) is 0 Å². The lowest BCUT2D eigenvalue weighted by Crippen LogP contribution is -2.48. The number of carboxylic acid groups (broad SMARTS) is 1. The van der Waals surface area contributed by atoms with Gasteiger partial charge in [-0.2, -0.15) is 0 Å². The number of aliphatic carboxylic acids is 1. The fourth-order valence-corrected chi connectivity index (χ4v) is 2.17. The molecule has 1 heterocycles. The molecule has 0 unspecified atom stereocenters. The Hall–Kier alpha value is -1.50. The Morgan fingerprint density at radius 2 is 2.00 bits per heavy atom. The molecule has 1 N–H and O–H groups in total. The first-order chi connectivity index (χ1) is 8.27. The van der Waals surface area contributed by atoms with Gasteiger partial charge in [-0.1, -0.05) is 11.4 Å². The first kappa shape index (κ1) is 14.6. The third-order valence-electron chi connectivity index (χ3n) is 2.43. The highest BCUT2D eigenvalue weighted by Crippen LogP contribution is 2.20. The molecule has 6 nitrogen and oxygen atoms in total. The summed E-state index contributed by atoms with van der Waals surface area (Å²) in [6.07, 6.45) is 0.600. The maximum absolute atomic E-state index is 12.4. The zero-order valence-corrected chi connectivity index (χ0v) is 11.7. The van der Waals surface area contributed by atoms with Crippen molar-refractivity contribution < 1.29 is 14.7 Å². The van der Waals surface area contributed by atoms with E-state index in [4.69, 9.17) is 5.11 Å². The SMILES string of the molecule is CCc1nnsc1C(=O)N(CC(=O)O)C(C)(C)C. The lowest BCUT2D eigenvalue weighted by atomic mass is 10.1. The van der Waals surface area contributed by atoms with Crippen molar-refractivity contribution in [3.05, 3.63) is 10.6 Å². The van der Waals surface area contributed by atoms with Crippen molar-refractivity contribution in [1.29, 1.82) is 0 Å². The van der Waals surface area contributed by atoms with E-state index in [1.807, 2.05) is 6.92 Å². The summed E-state index contributed by atoms with van der Waals surface area (Å²) in [5, 5.41) is 12.8. The first-order valence-electron chi connectivity index (χ1n) is 5.62. The van der Waals surface area contributed by atoms with Gasteiger partial charge in [0.2, 0.25) is 0 Å². The van der Waals surface area contributed by atoms with Crippen LogP contribution in [0.4, 0.5) is 0 Å². The number of carboxylic acids is 1. The lowest BCUT2D eigenvalue weighted by Gasteiger charge is -2.34. The van der Waals surface area contributed by atoms with Gasteiger partial charge in [0.25, 0.3) is 5.91 Å². The van der Waals surface area contributed by atoms with E-state index in [0.717, 1.165) is 11.5 Å². The van der Waals surface area contributed by atoms with Crippen molar-refractivity contribution in [2.24, 2.45) is 0 Å². The maximum Gasteiger partial charge on any atom is 0.323 e. The quantitative estimate of drug-likeness (QED) is 0.895. The molecular formula is C11H17N3O3S. The molecule has 0 aromatic carbocycles. The third kappa shape index (κ3) is 3.25. The lowest BCUT2D eigenvalue weighted by molar-refractivity contribution is -0.138. The smallest absolute Gasteiger partial charge is 0.323 e. The molecule has 0 bridgehead atoms. The number of aromatic nitrogens is 2. The number of rotatable bonds is 4. The molecule has 7 heteroatoms. The van der Waals surface area contributed by atoms with Crippen molar-refractivity contribution >= 4 is 23.4 Å². The van der Waals surface area contributed by atoms with Gasteiger partial charge >= 0.3 is 5.97 Å². The fourth-order valence-electron chi connectivity index (χ4n) is 1.47. The second-order valence-corrected chi connectivity index (χ2v) is 5.61. The van der Waals surface area contributed by atoms with Crippen molar-refractivity contribution in [1.82, 2.24) is 14.5 Å². The molecule has 0 spiro atoms. The molecule has 0 radical (unpaired) electrons. The zero-order chi connectivity index (χ0) is 13.9. The number of aryl methyl sites for hydroxylation is 1. The van der Waals surface area contributed by atoms with Gasteiger partial charge in [-0.05, 0) is 38.7 Å². The molecule has 1 rings (SSSR count). The molecule has 1 aromatic heterocycles. The van der Waals surface area contributed by atoms with Gasteiger partial charge in [-0.25, -0.2) is 0 Å². The van der Waals surface area contributed by atoms with Crippen LogP contribution >= 0.6 is 11.5 Å². The van der Waals surface area contributed by atoms with E-state index in [1.54, 1.807) is 20.8 Å². The normalized spacial score (nSPS) is 11.3. The molecule has 0 fully saturated rings. The molecule has 1 amide bonds. The van der Waals surface area contributed by atoms with Crippen LogP contribution in [0.25, 0.3) is 0 Å². The minimum Gasteiger partial charge on any atom is -0.480 e. The molecule has 0 atom stereocenters. The summed E-state index contributed by atoms with van der Waals surface area (Å²) >= 11 is 1.01. The van der Waals surface area contributed by atoms with E-state index in [-0.39, 0.29) is 12.5 Å². The number of hydrogen-bond acceptors (Lipinski definition) is 5. The van der Waals surface area contributed by atoms with E-state index in [9.17, 15) is 9.59 Å².